The number of esters is 1. The van der Waals surface area contributed by atoms with Crippen LogP contribution in [0.15, 0.2) is 24.3 Å². The Hall–Kier alpha value is -1.55. The third-order valence-electron chi connectivity index (χ3n) is 3.04. The molecule has 0 aliphatic carbocycles. The van der Waals surface area contributed by atoms with Crippen LogP contribution in [0.1, 0.15) is 30.6 Å². The lowest BCUT2D eigenvalue weighted by atomic mass is 9.99. The lowest BCUT2D eigenvalue weighted by Gasteiger charge is -2.21. The predicted octanol–water partition coefficient (Wildman–Crippen LogP) is 2.66. The van der Waals surface area contributed by atoms with Gasteiger partial charge in [-0.15, -0.1) is 0 Å². The van der Waals surface area contributed by atoms with Crippen molar-refractivity contribution in [2.75, 3.05) is 7.11 Å². The lowest BCUT2D eigenvalue weighted by molar-refractivity contribution is -0.144. The highest BCUT2D eigenvalue weighted by Gasteiger charge is 2.26. The molecule has 0 aromatic heterocycles. The summed E-state index contributed by atoms with van der Waals surface area (Å²) in [4.78, 5) is 23.8. The Labute approximate surface area is 118 Å². The Morgan fingerprint density at radius 1 is 1.42 bits per heavy atom. The third-order valence-corrected chi connectivity index (χ3v) is 3.28. The van der Waals surface area contributed by atoms with Crippen LogP contribution in [-0.2, 0) is 9.53 Å². The van der Waals surface area contributed by atoms with E-state index in [1.54, 1.807) is 24.3 Å². The molecule has 2 unspecified atom stereocenters. The Bertz CT molecular complexity index is 462. The Balaban J connectivity index is 2.84. The van der Waals surface area contributed by atoms with Gasteiger partial charge in [0.1, 0.15) is 6.04 Å². The molecule has 1 amide bonds. The molecule has 0 bridgehead atoms. The summed E-state index contributed by atoms with van der Waals surface area (Å²) in [6.07, 6.45) is 0.760. The van der Waals surface area contributed by atoms with Gasteiger partial charge in [0.15, 0.2) is 0 Å². The zero-order valence-corrected chi connectivity index (χ0v) is 12.0. The minimum Gasteiger partial charge on any atom is -0.467 e. The number of carbonyl (C=O) groups excluding carboxylic acids is 2. The fraction of sp³-hybridized carbons (Fsp3) is 0.429. The normalized spacial score (nSPS) is 13.5. The van der Waals surface area contributed by atoms with Crippen LogP contribution in [-0.4, -0.2) is 25.0 Å². The number of methoxy groups -OCH3 is 1. The third kappa shape index (κ3) is 4.24. The van der Waals surface area contributed by atoms with Gasteiger partial charge in [-0.3, -0.25) is 4.79 Å². The van der Waals surface area contributed by atoms with Gasteiger partial charge < -0.3 is 10.1 Å². The summed E-state index contributed by atoms with van der Waals surface area (Å²) >= 11 is 5.83. The number of benzene rings is 1. The van der Waals surface area contributed by atoms with Crippen molar-refractivity contribution in [3.05, 3.63) is 34.9 Å². The average molecular weight is 284 g/mol. The number of hydrogen-bond acceptors (Lipinski definition) is 3. The van der Waals surface area contributed by atoms with Crippen molar-refractivity contribution in [1.82, 2.24) is 5.32 Å². The van der Waals surface area contributed by atoms with Crippen LogP contribution in [0.3, 0.4) is 0 Å². The summed E-state index contributed by atoms with van der Waals surface area (Å²) in [6, 6.07) is 5.92. The van der Waals surface area contributed by atoms with Crippen LogP contribution in [0.2, 0.25) is 5.02 Å². The first-order valence-corrected chi connectivity index (χ1v) is 6.51. The molecule has 5 heteroatoms. The van der Waals surface area contributed by atoms with Crippen molar-refractivity contribution in [3.63, 3.8) is 0 Å². The minimum absolute atomic E-state index is 0.00409. The van der Waals surface area contributed by atoms with Gasteiger partial charge in [-0.05, 0) is 24.1 Å². The highest BCUT2D eigenvalue weighted by Crippen LogP contribution is 2.13. The molecular weight excluding hydrogens is 266 g/mol. The van der Waals surface area contributed by atoms with Crippen molar-refractivity contribution in [3.8, 4) is 0 Å². The first-order valence-electron chi connectivity index (χ1n) is 6.13. The number of ether oxygens (including phenoxy) is 1. The van der Waals surface area contributed by atoms with E-state index in [4.69, 9.17) is 16.3 Å². The first kappa shape index (κ1) is 15.5. The SMILES string of the molecule is CCC(C)C(NC(=O)c1cccc(Cl)c1)C(=O)OC. The van der Waals surface area contributed by atoms with Crippen molar-refractivity contribution in [2.45, 2.75) is 26.3 Å². The fourth-order valence-electron chi connectivity index (χ4n) is 1.65. The largest absolute Gasteiger partial charge is 0.467 e. The van der Waals surface area contributed by atoms with Crippen LogP contribution >= 0.6 is 11.6 Å². The number of amides is 1. The molecule has 1 N–H and O–H groups in total. The summed E-state index contributed by atoms with van der Waals surface area (Å²) in [5, 5.41) is 3.17. The van der Waals surface area contributed by atoms with Crippen LogP contribution in [0.25, 0.3) is 0 Å². The second-order valence-electron chi connectivity index (χ2n) is 4.37. The fourth-order valence-corrected chi connectivity index (χ4v) is 1.84. The van der Waals surface area contributed by atoms with Crippen molar-refractivity contribution >= 4 is 23.5 Å². The van der Waals surface area contributed by atoms with E-state index in [0.717, 1.165) is 6.42 Å². The van der Waals surface area contributed by atoms with Gasteiger partial charge in [0, 0.05) is 10.6 Å². The van der Waals surface area contributed by atoms with Crippen molar-refractivity contribution in [1.29, 1.82) is 0 Å². The number of halogens is 1. The zero-order valence-electron chi connectivity index (χ0n) is 11.3. The second-order valence-corrected chi connectivity index (χ2v) is 4.81. The molecule has 1 aromatic rings. The standard InChI is InChI=1S/C14H18ClNO3/c1-4-9(2)12(14(18)19-3)16-13(17)10-6-5-7-11(15)8-10/h5-9,12H,4H2,1-3H3,(H,16,17). The van der Waals surface area contributed by atoms with E-state index >= 15 is 0 Å². The second kappa shape index (κ2) is 7.14. The van der Waals surface area contributed by atoms with E-state index in [1.807, 2.05) is 13.8 Å². The number of nitrogens with one attached hydrogen (secondary N) is 1. The maximum absolute atomic E-state index is 12.1. The molecule has 104 valence electrons. The Morgan fingerprint density at radius 2 is 2.11 bits per heavy atom. The van der Waals surface area contributed by atoms with Crippen molar-refractivity contribution in [2.24, 2.45) is 5.92 Å². The summed E-state index contributed by atoms with van der Waals surface area (Å²) in [5.41, 5.74) is 0.421. The van der Waals surface area contributed by atoms with Crippen LogP contribution in [0, 0.1) is 5.92 Å². The lowest BCUT2D eigenvalue weighted by Crippen LogP contribution is -2.45. The molecule has 0 spiro atoms. The molecule has 0 aliphatic heterocycles. The van der Waals surface area contributed by atoms with Crippen LogP contribution in [0.4, 0.5) is 0 Å². The molecule has 0 heterocycles. The van der Waals surface area contributed by atoms with Gasteiger partial charge in [-0.2, -0.15) is 0 Å². The molecule has 2 atom stereocenters. The number of carbonyl (C=O) groups is 2. The Morgan fingerprint density at radius 3 is 2.63 bits per heavy atom. The van der Waals surface area contributed by atoms with Gasteiger partial charge in [-0.1, -0.05) is 37.9 Å². The molecule has 0 saturated carbocycles. The molecule has 0 fully saturated rings. The predicted molar refractivity (Wildman–Crippen MR) is 74.2 cm³/mol. The smallest absolute Gasteiger partial charge is 0.328 e. The van der Waals surface area contributed by atoms with E-state index in [-0.39, 0.29) is 11.8 Å². The molecule has 4 nitrogen and oxygen atoms in total. The van der Waals surface area contributed by atoms with E-state index in [1.165, 1.54) is 7.11 Å². The summed E-state index contributed by atoms with van der Waals surface area (Å²) in [6.45, 7) is 3.84. The molecule has 0 radical (unpaired) electrons. The zero-order chi connectivity index (χ0) is 14.4. The molecular formula is C14H18ClNO3. The van der Waals surface area contributed by atoms with E-state index in [0.29, 0.717) is 10.6 Å². The van der Waals surface area contributed by atoms with Gasteiger partial charge in [0.2, 0.25) is 0 Å². The number of hydrogen-bond donors (Lipinski definition) is 1. The maximum Gasteiger partial charge on any atom is 0.328 e. The first-order chi connectivity index (χ1) is 8.99. The van der Waals surface area contributed by atoms with E-state index in [9.17, 15) is 9.59 Å². The summed E-state index contributed by atoms with van der Waals surface area (Å²) in [7, 11) is 1.31. The number of rotatable bonds is 5. The molecule has 1 aromatic carbocycles. The Kier molecular flexibility index (Phi) is 5.83. The van der Waals surface area contributed by atoms with E-state index in [2.05, 4.69) is 5.32 Å². The van der Waals surface area contributed by atoms with Gasteiger partial charge in [0.05, 0.1) is 7.11 Å². The topological polar surface area (TPSA) is 55.4 Å². The van der Waals surface area contributed by atoms with Gasteiger partial charge >= 0.3 is 5.97 Å². The highest BCUT2D eigenvalue weighted by atomic mass is 35.5. The average Bonchev–Trinajstić information content (AvgIpc) is 2.42. The molecule has 19 heavy (non-hydrogen) atoms. The maximum atomic E-state index is 12.1. The molecule has 0 saturated heterocycles. The van der Waals surface area contributed by atoms with E-state index < -0.39 is 12.0 Å². The molecule has 1 rings (SSSR count). The van der Waals surface area contributed by atoms with Crippen LogP contribution in [0.5, 0.6) is 0 Å². The monoisotopic (exact) mass is 283 g/mol. The minimum atomic E-state index is -0.651. The summed E-state index contributed by atoms with van der Waals surface area (Å²) in [5.74, 6) is -0.779. The van der Waals surface area contributed by atoms with Crippen LogP contribution < -0.4 is 5.32 Å². The molecule has 0 aliphatic rings. The highest BCUT2D eigenvalue weighted by molar-refractivity contribution is 6.30. The van der Waals surface area contributed by atoms with Gasteiger partial charge in [0.25, 0.3) is 5.91 Å². The quantitative estimate of drug-likeness (QED) is 0.845. The summed E-state index contributed by atoms with van der Waals surface area (Å²) < 4.78 is 4.72. The van der Waals surface area contributed by atoms with Gasteiger partial charge in [-0.25, -0.2) is 4.79 Å². The van der Waals surface area contributed by atoms with Crippen molar-refractivity contribution < 1.29 is 14.3 Å².